The van der Waals surface area contributed by atoms with E-state index in [1.807, 2.05) is 6.92 Å². The largest absolute Gasteiger partial charge is 0.481 e. The van der Waals surface area contributed by atoms with Crippen molar-refractivity contribution in [3.8, 4) is 0 Å². The number of aliphatic carboxylic acids is 1. The van der Waals surface area contributed by atoms with Crippen LogP contribution in [0.5, 0.6) is 0 Å². The van der Waals surface area contributed by atoms with E-state index >= 15 is 0 Å². The van der Waals surface area contributed by atoms with Gasteiger partial charge in [0.05, 0.1) is 18.9 Å². The van der Waals surface area contributed by atoms with Crippen molar-refractivity contribution in [3.63, 3.8) is 0 Å². The van der Waals surface area contributed by atoms with Gasteiger partial charge in [0.2, 0.25) is 0 Å². The molecule has 0 aliphatic carbocycles. The standard InChI is InChI=1S/C6H12O2S/c1-5(9(2)3)4-6(7)8/h5H,4H2,1-3H3/p+1. The van der Waals surface area contributed by atoms with E-state index in [-0.39, 0.29) is 10.9 Å². The van der Waals surface area contributed by atoms with Crippen LogP contribution >= 0.6 is 0 Å². The van der Waals surface area contributed by atoms with Crippen LogP contribution in [0.1, 0.15) is 13.3 Å². The van der Waals surface area contributed by atoms with E-state index in [4.69, 9.17) is 5.11 Å². The molecule has 9 heavy (non-hydrogen) atoms. The Morgan fingerprint density at radius 3 is 2.22 bits per heavy atom. The van der Waals surface area contributed by atoms with Gasteiger partial charge in [-0.2, -0.15) is 0 Å². The van der Waals surface area contributed by atoms with Gasteiger partial charge in [0.15, 0.2) is 0 Å². The van der Waals surface area contributed by atoms with Crippen LogP contribution in [-0.2, 0) is 15.7 Å². The molecule has 54 valence electrons. The summed E-state index contributed by atoms with van der Waals surface area (Å²) in [5.74, 6) is -0.691. The summed E-state index contributed by atoms with van der Waals surface area (Å²) in [6, 6.07) is 0. The van der Waals surface area contributed by atoms with Crippen LogP contribution in [0.15, 0.2) is 0 Å². The second-order valence-corrected chi connectivity index (χ2v) is 4.85. The Bertz CT molecular complexity index is 101. The van der Waals surface area contributed by atoms with Crippen LogP contribution in [0.4, 0.5) is 0 Å². The van der Waals surface area contributed by atoms with Crippen LogP contribution in [0, 0.1) is 0 Å². The van der Waals surface area contributed by atoms with Gasteiger partial charge in [0, 0.05) is 0 Å². The lowest BCUT2D eigenvalue weighted by molar-refractivity contribution is -0.136. The maximum absolute atomic E-state index is 10.1. The van der Waals surface area contributed by atoms with Gasteiger partial charge < -0.3 is 5.11 Å². The molecule has 1 N–H and O–H groups in total. The molecule has 0 rings (SSSR count). The highest BCUT2D eigenvalue weighted by Gasteiger charge is 2.18. The Labute approximate surface area is 58.6 Å². The number of carbonyl (C=O) groups is 1. The van der Waals surface area contributed by atoms with Gasteiger partial charge in [-0.3, -0.25) is 4.79 Å². The Kier molecular flexibility index (Phi) is 3.70. The predicted molar refractivity (Wildman–Crippen MR) is 40.9 cm³/mol. The minimum absolute atomic E-state index is 0.238. The zero-order chi connectivity index (χ0) is 7.44. The van der Waals surface area contributed by atoms with E-state index in [1.165, 1.54) is 0 Å². The lowest BCUT2D eigenvalue weighted by Gasteiger charge is -2.02. The quantitative estimate of drug-likeness (QED) is 0.600. The van der Waals surface area contributed by atoms with Crippen LogP contribution in [0.25, 0.3) is 0 Å². The van der Waals surface area contributed by atoms with Gasteiger partial charge in [-0.1, -0.05) is 0 Å². The zero-order valence-electron chi connectivity index (χ0n) is 6.05. The zero-order valence-corrected chi connectivity index (χ0v) is 6.86. The second-order valence-electron chi connectivity index (χ2n) is 2.29. The van der Waals surface area contributed by atoms with Gasteiger partial charge in [0.1, 0.15) is 5.25 Å². The van der Waals surface area contributed by atoms with Crippen molar-refractivity contribution < 1.29 is 9.90 Å². The van der Waals surface area contributed by atoms with E-state index in [2.05, 4.69) is 12.5 Å². The molecule has 0 saturated heterocycles. The summed E-state index contributed by atoms with van der Waals surface area (Å²) in [5.41, 5.74) is 0. The maximum Gasteiger partial charge on any atom is 0.308 e. The van der Waals surface area contributed by atoms with Crippen molar-refractivity contribution in [3.05, 3.63) is 0 Å². The predicted octanol–water partition coefficient (Wildman–Crippen LogP) is 0.728. The SMILES string of the molecule is CC(CC(=O)O)[S+](C)C. The van der Waals surface area contributed by atoms with Gasteiger partial charge in [-0.15, -0.1) is 0 Å². The van der Waals surface area contributed by atoms with Crippen molar-refractivity contribution in [2.75, 3.05) is 12.5 Å². The highest BCUT2D eigenvalue weighted by molar-refractivity contribution is 7.96. The number of hydrogen-bond donors (Lipinski definition) is 1. The molecule has 2 nitrogen and oxygen atoms in total. The maximum atomic E-state index is 10.1. The molecule has 0 amide bonds. The summed E-state index contributed by atoms with van der Waals surface area (Å²) in [6.45, 7) is 1.97. The van der Waals surface area contributed by atoms with Crippen LogP contribution in [-0.4, -0.2) is 28.8 Å². The number of rotatable bonds is 3. The fourth-order valence-corrected chi connectivity index (χ4v) is 0.888. The molecule has 1 atom stereocenters. The van der Waals surface area contributed by atoms with Gasteiger partial charge >= 0.3 is 5.97 Å². The molecule has 0 aromatic rings. The molecule has 0 aromatic carbocycles. The molecule has 1 unspecified atom stereocenters. The summed E-state index contributed by atoms with van der Waals surface area (Å²) >= 11 is 0. The summed E-state index contributed by atoms with van der Waals surface area (Å²) in [5, 5.41) is 8.66. The van der Waals surface area contributed by atoms with Crippen LogP contribution in [0.2, 0.25) is 0 Å². The molecule has 0 aliphatic heterocycles. The van der Waals surface area contributed by atoms with Crippen LogP contribution < -0.4 is 0 Å². The average molecular weight is 149 g/mol. The number of carboxylic acids is 1. The molecule has 0 aromatic heterocycles. The van der Waals surface area contributed by atoms with Crippen molar-refractivity contribution in [1.82, 2.24) is 0 Å². The van der Waals surface area contributed by atoms with Crippen LogP contribution in [0.3, 0.4) is 0 Å². The van der Waals surface area contributed by atoms with Gasteiger partial charge in [-0.05, 0) is 17.8 Å². The van der Waals surface area contributed by atoms with E-state index in [0.717, 1.165) is 0 Å². The molecule has 0 aliphatic rings. The molecule has 0 bridgehead atoms. The lowest BCUT2D eigenvalue weighted by Crippen LogP contribution is -2.18. The second kappa shape index (κ2) is 3.77. The molecule has 0 fully saturated rings. The highest BCUT2D eigenvalue weighted by Crippen LogP contribution is 2.02. The molecule has 0 saturated carbocycles. The third-order valence-electron chi connectivity index (χ3n) is 1.27. The Morgan fingerprint density at radius 1 is 1.67 bits per heavy atom. The Morgan fingerprint density at radius 2 is 2.11 bits per heavy atom. The van der Waals surface area contributed by atoms with E-state index in [0.29, 0.717) is 11.7 Å². The van der Waals surface area contributed by atoms with E-state index in [9.17, 15) is 4.79 Å². The molecular formula is C6H13O2S+. The van der Waals surface area contributed by atoms with E-state index < -0.39 is 5.97 Å². The number of carboxylic acid groups (broad SMARTS) is 1. The van der Waals surface area contributed by atoms with Gasteiger partial charge in [0.25, 0.3) is 0 Å². The minimum Gasteiger partial charge on any atom is -0.481 e. The summed E-state index contributed by atoms with van der Waals surface area (Å²) in [4.78, 5) is 10.1. The first-order chi connectivity index (χ1) is 4.04. The monoisotopic (exact) mass is 149 g/mol. The van der Waals surface area contributed by atoms with Crippen molar-refractivity contribution >= 4 is 16.9 Å². The van der Waals surface area contributed by atoms with Crippen molar-refractivity contribution in [1.29, 1.82) is 0 Å². The van der Waals surface area contributed by atoms with Crippen molar-refractivity contribution in [2.24, 2.45) is 0 Å². The topological polar surface area (TPSA) is 37.3 Å². The summed E-state index contributed by atoms with van der Waals surface area (Å²) in [7, 11) is 0.238. The molecule has 0 radical (unpaired) electrons. The van der Waals surface area contributed by atoms with Crippen molar-refractivity contribution in [2.45, 2.75) is 18.6 Å². The average Bonchev–Trinajstić information content (AvgIpc) is 1.63. The third-order valence-corrected chi connectivity index (χ3v) is 3.04. The molecular weight excluding hydrogens is 136 g/mol. The van der Waals surface area contributed by atoms with E-state index in [1.54, 1.807) is 0 Å². The summed E-state index contributed by atoms with van der Waals surface area (Å²) in [6.07, 6.45) is 4.43. The smallest absolute Gasteiger partial charge is 0.308 e. The van der Waals surface area contributed by atoms with Gasteiger partial charge in [-0.25, -0.2) is 0 Å². The summed E-state index contributed by atoms with van der Waals surface area (Å²) < 4.78 is 0. The first-order valence-electron chi connectivity index (χ1n) is 2.82. The Hall–Kier alpha value is -0.180. The fraction of sp³-hybridized carbons (Fsp3) is 0.833. The fourth-order valence-electron chi connectivity index (χ4n) is 0.413. The minimum atomic E-state index is -0.691. The molecule has 3 heteroatoms. The molecule has 0 spiro atoms. The first kappa shape index (κ1) is 8.82. The Balaban J connectivity index is 3.50. The highest BCUT2D eigenvalue weighted by atomic mass is 32.2. The number of hydrogen-bond acceptors (Lipinski definition) is 1. The lowest BCUT2D eigenvalue weighted by atomic mass is 10.3. The normalized spacial score (nSPS) is 13.8. The first-order valence-corrected chi connectivity index (χ1v) is 4.92. The molecule has 0 heterocycles. The third kappa shape index (κ3) is 4.33.